The molecule has 0 aromatic carbocycles. The van der Waals surface area contributed by atoms with Crippen LogP contribution in [0, 0.1) is 0 Å². The zero-order valence-corrected chi connectivity index (χ0v) is 15.1. The highest BCUT2D eigenvalue weighted by Gasteiger charge is 2.23. The minimum atomic E-state index is 0.437. The molecular formula is C17H21N4S2+. The molecule has 0 saturated heterocycles. The molecule has 0 amide bonds. The van der Waals surface area contributed by atoms with Crippen LogP contribution >= 0.6 is 22.7 Å². The first-order valence-corrected chi connectivity index (χ1v) is 9.76. The summed E-state index contributed by atoms with van der Waals surface area (Å²) in [7, 11) is 4.42. The maximum Gasteiger partial charge on any atom is 0.139 e. The van der Waals surface area contributed by atoms with E-state index < -0.39 is 0 Å². The smallest absolute Gasteiger partial charge is 0.139 e. The van der Waals surface area contributed by atoms with Gasteiger partial charge in [-0.05, 0) is 36.3 Å². The zero-order chi connectivity index (χ0) is 15.8. The molecule has 4 nitrogen and oxygen atoms in total. The number of anilines is 1. The van der Waals surface area contributed by atoms with E-state index in [0.717, 1.165) is 17.2 Å². The minimum absolute atomic E-state index is 0.437. The van der Waals surface area contributed by atoms with Gasteiger partial charge in [0.05, 0.1) is 30.9 Å². The molecule has 3 heterocycles. The van der Waals surface area contributed by atoms with E-state index in [9.17, 15) is 0 Å². The van der Waals surface area contributed by atoms with Gasteiger partial charge in [0.15, 0.2) is 0 Å². The van der Waals surface area contributed by atoms with Crippen molar-refractivity contribution in [2.24, 2.45) is 0 Å². The Morgan fingerprint density at radius 2 is 2.22 bits per heavy atom. The lowest BCUT2D eigenvalue weighted by molar-refractivity contribution is -0.889. The molecule has 0 bridgehead atoms. The van der Waals surface area contributed by atoms with Crippen LogP contribution in [0.2, 0.25) is 0 Å². The summed E-state index contributed by atoms with van der Waals surface area (Å²) in [6, 6.07) is 4.79. The lowest BCUT2D eigenvalue weighted by Gasteiger charge is -2.21. The average Bonchev–Trinajstić information content (AvgIpc) is 3.23. The van der Waals surface area contributed by atoms with E-state index in [0.29, 0.717) is 6.04 Å². The van der Waals surface area contributed by atoms with E-state index in [1.54, 1.807) is 6.33 Å². The number of aromatic nitrogens is 2. The summed E-state index contributed by atoms with van der Waals surface area (Å²) in [6.45, 7) is 0.888. The molecule has 0 fully saturated rings. The van der Waals surface area contributed by atoms with Gasteiger partial charge in [0.2, 0.25) is 0 Å². The van der Waals surface area contributed by atoms with Crippen molar-refractivity contribution in [3.63, 3.8) is 0 Å². The number of thiophene rings is 2. The van der Waals surface area contributed by atoms with Crippen molar-refractivity contribution in [2.45, 2.75) is 25.3 Å². The molecule has 1 atom stereocenters. The average molecular weight is 346 g/mol. The van der Waals surface area contributed by atoms with Crippen LogP contribution in [0.1, 0.15) is 27.8 Å². The number of nitrogens with one attached hydrogen (secondary N) is 2. The number of nitrogens with zero attached hydrogens (tertiary/aromatic N) is 2. The van der Waals surface area contributed by atoms with Crippen LogP contribution < -0.4 is 10.2 Å². The maximum atomic E-state index is 4.55. The van der Waals surface area contributed by atoms with Crippen molar-refractivity contribution in [3.05, 3.63) is 39.2 Å². The van der Waals surface area contributed by atoms with Gasteiger partial charge in [-0.1, -0.05) is 6.07 Å². The summed E-state index contributed by atoms with van der Waals surface area (Å²) in [6.07, 6.45) is 5.34. The highest BCUT2D eigenvalue weighted by Crippen LogP contribution is 2.39. The molecular weight excluding hydrogens is 324 g/mol. The Hall–Kier alpha value is -1.50. The highest BCUT2D eigenvalue weighted by molar-refractivity contribution is 7.19. The lowest BCUT2D eigenvalue weighted by Crippen LogP contribution is -3.06. The van der Waals surface area contributed by atoms with Gasteiger partial charge in [0, 0.05) is 4.88 Å². The van der Waals surface area contributed by atoms with Crippen LogP contribution in [0.5, 0.6) is 0 Å². The third-order valence-corrected chi connectivity index (χ3v) is 6.74. The van der Waals surface area contributed by atoms with Crippen LogP contribution in [0.15, 0.2) is 23.8 Å². The second-order valence-corrected chi connectivity index (χ2v) is 8.35. The second-order valence-electron chi connectivity index (χ2n) is 6.29. The van der Waals surface area contributed by atoms with Crippen LogP contribution in [-0.2, 0) is 12.8 Å². The number of fused-ring (bicyclic) bond motifs is 3. The number of quaternary nitrogens is 1. The summed E-state index contributed by atoms with van der Waals surface area (Å²) >= 11 is 3.67. The van der Waals surface area contributed by atoms with Crippen LogP contribution in [-0.4, -0.2) is 30.6 Å². The SMILES string of the molecule is C[NH+](C)[C@H](CNc1ncnc2sc3c(c12)CCC3)c1cccs1. The second kappa shape index (κ2) is 6.19. The summed E-state index contributed by atoms with van der Waals surface area (Å²) in [5.41, 5.74) is 1.48. The molecule has 0 saturated carbocycles. The molecule has 23 heavy (non-hydrogen) atoms. The Labute approximate surface area is 144 Å². The molecule has 6 heteroatoms. The molecule has 0 aliphatic heterocycles. The van der Waals surface area contributed by atoms with Crippen molar-refractivity contribution < 1.29 is 4.90 Å². The van der Waals surface area contributed by atoms with Crippen molar-refractivity contribution >= 4 is 38.7 Å². The van der Waals surface area contributed by atoms with Gasteiger partial charge in [0.25, 0.3) is 0 Å². The van der Waals surface area contributed by atoms with E-state index in [1.807, 2.05) is 22.7 Å². The van der Waals surface area contributed by atoms with E-state index in [1.165, 1.54) is 44.9 Å². The van der Waals surface area contributed by atoms with Crippen molar-refractivity contribution in [1.82, 2.24) is 9.97 Å². The topological polar surface area (TPSA) is 42.2 Å². The molecule has 3 aromatic rings. The van der Waals surface area contributed by atoms with Gasteiger partial charge in [-0.2, -0.15) is 0 Å². The highest BCUT2D eigenvalue weighted by atomic mass is 32.1. The largest absolute Gasteiger partial charge is 0.363 e. The quantitative estimate of drug-likeness (QED) is 0.747. The molecule has 1 aliphatic rings. The molecule has 0 unspecified atom stereocenters. The zero-order valence-electron chi connectivity index (χ0n) is 13.4. The number of aryl methyl sites for hydroxylation is 2. The Balaban J connectivity index is 1.63. The molecule has 120 valence electrons. The van der Waals surface area contributed by atoms with Crippen LogP contribution in [0.25, 0.3) is 10.2 Å². The Kier molecular flexibility index (Phi) is 4.05. The van der Waals surface area contributed by atoms with E-state index in [4.69, 9.17) is 0 Å². The van der Waals surface area contributed by atoms with Gasteiger partial charge in [0.1, 0.15) is 23.0 Å². The fraction of sp³-hybridized carbons (Fsp3) is 0.412. The first-order chi connectivity index (χ1) is 11.2. The molecule has 2 N–H and O–H groups in total. The molecule has 0 spiro atoms. The van der Waals surface area contributed by atoms with E-state index in [2.05, 4.69) is 46.9 Å². The van der Waals surface area contributed by atoms with Crippen LogP contribution in [0.3, 0.4) is 0 Å². The Bertz CT molecular complexity index is 807. The van der Waals surface area contributed by atoms with E-state index >= 15 is 0 Å². The predicted molar refractivity (Wildman–Crippen MR) is 97.8 cm³/mol. The molecule has 0 radical (unpaired) electrons. The molecule has 3 aromatic heterocycles. The van der Waals surface area contributed by atoms with Gasteiger partial charge in [-0.25, -0.2) is 9.97 Å². The first kappa shape index (κ1) is 15.1. The van der Waals surface area contributed by atoms with Crippen molar-refractivity contribution in [2.75, 3.05) is 26.0 Å². The minimum Gasteiger partial charge on any atom is -0.363 e. The fourth-order valence-electron chi connectivity index (χ4n) is 3.34. The van der Waals surface area contributed by atoms with Gasteiger partial charge < -0.3 is 10.2 Å². The summed E-state index contributed by atoms with van der Waals surface area (Å²) in [4.78, 5) is 14.5. The Morgan fingerprint density at radius 1 is 1.30 bits per heavy atom. The fourth-order valence-corrected chi connectivity index (χ4v) is 5.52. The maximum absolute atomic E-state index is 4.55. The first-order valence-electron chi connectivity index (χ1n) is 8.06. The van der Waals surface area contributed by atoms with Gasteiger partial charge in [-0.15, -0.1) is 22.7 Å². The van der Waals surface area contributed by atoms with Gasteiger partial charge in [-0.3, -0.25) is 0 Å². The summed E-state index contributed by atoms with van der Waals surface area (Å²) in [5.74, 6) is 1.01. The van der Waals surface area contributed by atoms with Gasteiger partial charge >= 0.3 is 0 Å². The normalized spacial score (nSPS) is 15.3. The monoisotopic (exact) mass is 345 g/mol. The summed E-state index contributed by atoms with van der Waals surface area (Å²) < 4.78 is 0. The number of likely N-dealkylation sites (N-methyl/N-ethyl adjacent to an activating group) is 1. The number of rotatable bonds is 5. The predicted octanol–water partition coefficient (Wildman–Crippen LogP) is 2.54. The van der Waals surface area contributed by atoms with Crippen LogP contribution in [0.4, 0.5) is 5.82 Å². The van der Waals surface area contributed by atoms with E-state index in [-0.39, 0.29) is 0 Å². The third-order valence-electron chi connectivity index (χ3n) is 4.56. The number of hydrogen-bond acceptors (Lipinski definition) is 5. The van der Waals surface area contributed by atoms with Crippen molar-refractivity contribution in [1.29, 1.82) is 0 Å². The molecule has 4 rings (SSSR count). The summed E-state index contributed by atoms with van der Waals surface area (Å²) in [5, 5.41) is 7.03. The third kappa shape index (κ3) is 2.75. The molecule has 1 aliphatic carbocycles. The van der Waals surface area contributed by atoms with Crippen molar-refractivity contribution in [3.8, 4) is 0 Å². The Morgan fingerprint density at radius 3 is 3.00 bits per heavy atom. The standard InChI is InChI=1S/C17H20N4S2/c1-21(2)12(14-7-4-8-22-14)9-18-16-15-11-5-3-6-13(11)23-17(15)20-10-19-16/h4,7-8,10,12H,3,5-6,9H2,1-2H3,(H,18,19,20)/p+1/t12-/m1/s1. The lowest BCUT2D eigenvalue weighted by atomic mass is 10.1. The number of hydrogen-bond donors (Lipinski definition) is 2.